The monoisotopic (exact) mass is 411 g/mol. The Hall–Kier alpha value is -3.73. The first-order valence-electron chi connectivity index (χ1n) is 10.4. The van der Waals surface area contributed by atoms with Crippen molar-refractivity contribution in [3.8, 4) is 0 Å². The van der Waals surface area contributed by atoms with Crippen LogP contribution in [0.15, 0.2) is 83.9 Å². The van der Waals surface area contributed by atoms with Gasteiger partial charge in [0.15, 0.2) is 0 Å². The highest BCUT2D eigenvalue weighted by Gasteiger charge is 2.28. The van der Waals surface area contributed by atoms with Crippen molar-refractivity contribution in [2.45, 2.75) is 13.8 Å². The summed E-state index contributed by atoms with van der Waals surface area (Å²) < 4.78 is 0. The van der Waals surface area contributed by atoms with Gasteiger partial charge in [-0.1, -0.05) is 60.7 Å². The molecule has 1 heterocycles. The van der Waals surface area contributed by atoms with Crippen LogP contribution in [0.25, 0.3) is 0 Å². The van der Waals surface area contributed by atoms with Crippen LogP contribution in [0.5, 0.6) is 0 Å². The largest absolute Gasteiger partial charge is 0.311 e. The maximum Gasteiger partial charge on any atom is 0.249 e. The number of benzene rings is 3. The summed E-state index contributed by atoms with van der Waals surface area (Å²) in [5.74, 6) is -0.313. The number of carbonyl (C=O) groups excluding carboxylic acids is 2. The van der Waals surface area contributed by atoms with Crippen molar-refractivity contribution in [1.29, 1.82) is 0 Å². The standard InChI is InChI=1S/C26H25N3O2/c1-3-28(21-13-9-10-19(2)16-21)25(31)18-29-23-15-8-7-14-22(23)26(27-17-24(29)30)20-11-5-4-6-12-20/h4-16H,3,17-18H2,1-2H3. The fourth-order valence-corrected chi connectivity index (χ4v) is 3.90. The van der Waals surface area contributed by atoms with E-state index in [0.29, 0.717) is 12.2 Å². The summed E-state index contributed by atoms with van der Waals surface area (Å²) in [5, 5.41) is 0. The second-order valence-electron chi connectivity index (χ2n) is 7.50. The number of hydrogen-bond acceptors (Lipinski definition) is 3. The van der Waals surface area contributed by atoms with Crippen LogP contribution in [-0.2, 0) is 9.59 Å². The minimum atomic E-state index is -0.188. The number of para-hydroxylation sites is 1. The molecular weight excluding hydrogens is 386 g/mol. The lowest BCUT2D eigenvalue weighted by molar-refractivity contribution is -0.121. The Morgan fingerprint density at radius 2 is 1.74 bits per heavy atom. The van der Waals surface area contributed by atoms with Gasteiger partial charge < -0.3 is 9.80 Å². The molecule has 4 rings (SSSR count). The molecule has 0 unspecified atom stereocenters. The van der Waals surface area contributed by atoms with E-state index in [1.807, 2.05) is 92.7 Å². The van der Waals surface area contributed by atoms with Crippen molar-refractivity contribution in [1.82, 2.24) is 0 Å². The van der Waals surface area contributed by atoms with Crippen molar-refractivity contribution in [3.05, 3.63) is 95.6 Å². The fraction of sp³-hybridized carbons (Fsp3) is 0.192. The van der Waals surface area contributed by atoms with Crippen molar-refractivity contribution < 1.29 is 9.59 Å². The van der Waals surface area contributed by atoms with Gasteiger partial charge >= 0.3 is 0 Å². The van der Waals surface area contributed by atoms with Gasteiger partial charge in [-0.25, -0.2) is 0 Å². The highest BCUT2D eigenvalue weighted by Crippen LogP contribution is 2.27. The van der Waals surface area contributed by atoms with Crippen LogP contribution in [0.1, 0.15) is 23.6 Å². The third-order valence-corrected chi connectivity index (χ3v) is 5.39. The van der Waals surface area contributed by atoms with Crippen molar-refractivity contribution in [3.63, 3.8) is 0 Å². The van der Waals surface area contributed by atoms with Gasteiger partial charge in [0.1, 0.15) is 13.1 Å². The van der Waals surface area contributed by atoms with Gasteiger partial charge in [0, 0.05) is 23.4 Å². The van der Waals surface area contributed by atoms with E-state index in [1.54, 1.807) is 9.80 Å². The lowest BCUT2D eigenvalue weighted by atomic mass is 10.0. The lowest BCUT2D eigenvalue weighted by Crippen LogP contribution is -2.44. The Kier molecular flexibility index (Phi) is 5.94. The smallest absolute Gasteiger partial charge is 0.249 e. The summed E-state index contributed by atoms with van der Waals surface area (Å²) in [6.07, 6.45) is 0. The van der Waals surface area contributed by atoms with Crippen LogP contribution in [0.2, 0.25) is 0 Å². The Balaban J connectivity index is 1.68. The van der Waals surface area contributed by atoms with Crippen LogP contribution in [0.4, 0.5) is 11.4 Å². The van der Waals surface area contributed by atoms with Gasteiger partial charge in [0.05, 0.1) is 11.4 Å². The molecule has 1 aliphatic heterocycles. The Bertz CT molecular complexity index is 1140. The molecule has 0 fully saturated rings. The second kappa shape index (κ2) is 8.96. The third kappa shape index (κ3) is 4.26. The van der Waals surface area contributed by atoms with E-state index in [1.165, 1.54) is 0 Å². The van der Waals surface area contributed by atoms with Crippen molar-refractivity contribution in [2.24, 2.45) is 4.99 Å². The van der Waals surface area contributed by atoms with Gasteiger partial charge in [-0.2, -0.15) is 0 Å². The molecular formula is C26H25N3O2. The molecule has 0 N–H and O–H groups in total. The Morgan fingerprint density at radius 3 is 2.48 bits per heavy atom. The average Bonchev–Trinajstić information content (AvgIpc) is 2.92. The third-order valence-electron chi connectivity index (χ3n) is 5.39. The molecule has 0 bridgehead atoms. The van der Waals surface area contributed by atoms with Crippen LogP contribution in [-0.4, -0.2) is 37.2 Å². The number of benzodiazepines with no additional fused rings is 1. The number of rotatable bonds is 5. The number of anilines is 2. The molecule has 156 valence electrons. The molecule has 0 atom stereocenters. The van der Waals surface area contributed by atoms with Crippen LogP contribution < -0.4 is 9.80 Å². The van der Waals surface area contributed by atoms with E-state index >= 15 is 0 Å². The van der Waals surface area contributed by atoms with E-state index in [-0.39, 0.29) is 24.9 Å². The molecule has 3 aromatic carbocycles. The first-order chi connectivity index (χ1) is 15.1. The minimum Gasteiger partial charge on any atom is -0.311 e. The molecule has 0 spiro atoms. The maximum absolute atomic E-state index is 13.3. The summed E-state index contributed by atoms with van der Waals surface area (Å²) in [7, 11) is 0. The molecule has 5 heteroatoms. The molecule has 2 amide bonds. The molecule has 0 saturated carbocycles. The predicted molar refractivity (Wildman–Crippen MR) is 125 cm³/mol. The highest BCUT2D eigenvalue weighted by molar-refractivity contribution is 6.20. The number of hydrogen-bond donors (Lipinski definition) is 0. The average molecular weight is 412 g/mol. The summed E-state index contributed by atoms with van der Waals surface area (Å²) in [6, 6.07) is 25.3. The maximum atomic E-state index is 13.3. The first-order valence-corrected chi connectivity index (χ1v) is 10.4. The zero-order valence-corrected chi connectivity index (χ0v) is 17.8. The summed E-state index contributed by atoms with van der Waals surface area (Å²) in [4.78, 5) is 34.2. The van der Waals surface area contributed by atoms with Gasteiger partial charge in [-0.15, -0.1) is 0 Å². The zero-order valence-electron chi connectivity index (χ0n) is 17.8. The van der Waals surface area contributed by atoms with Crippen LogP contribution in [0, 0.1) is 6.92 Å². The van der Waals surface area contributed by atoms with Crippen molar-refractivity contribution >= 4 is 28.9 Å². The second-order valence-corrected chi connectivity index (χ2v) is 7.50. The normalized spacial score (nSPS) is 13.3. The van der Waals surface area contributed by atoms with Crippen LogP contribution in [0.3, 0.4) is 0 Å². The first kappa shape index (κ1) is 20.5. The summed E-state index contributed by atoms with van der Waals surface area (Å²) in [5.41, 5.74) is 5.20. The van der Waals surface area contributed by atoms with Crippen LogP contribution >= 0.6 is 0 Å². The lowest BCUT2D eigenvalue weighted by Gasteiger charge is -2.27. The SMILES string of the molecule is CCN(C(=O)CN1C(=O)CN=C(c2ccccc2)c2ccccc21)c1cccc(C)c1. The minimum absolute atomic E-state index is 0.00274. The molecule has 31 heavy (non-hydrogen) atoms. The molecule has 5 nitrogen and oxygen atoms in total. The van der Waals surface area contributed by atoms with E-state index in [4.69, 9.17) is 0 Å². The zero-order chi connectivity index (χ0) is 21.8. The van der Waals surface area contributed by atoms with E-state index in [2.05, 4.69) is 4.99 Å². The molecule has 0 radical (unpaired) electrons. The molecule has 1 aliphatic rings. The quantitative estimate of drug-likeness (QED) is 0.631. The topological polar surface area (TPSA) is 53.0 Å². The van der Waals surface area contributed by atoms with E-state index in [9.17, 15) is 9.59 Å². The summed E-state index contributed by atoms with van der Waals surface area (Å²) in [6.45, 7) is 4.43. The number of carbonyl (C=O) groups is 2. The van der Waals surface area contributed by atoms with Gasteiger partial charge in [-0.3, -0.25) is 14.6 Å². The molecule has 0 aromatic heterocycles. The fourth-order valence-electron chi connectivity index (χ4n) is 3.90. The van der Waals surface area contributed by atoms with Crippen molar-refractivity contribution in [2.75, 3.05) is 29.4 Å². The molecule has 0 aliphatic carbocycles. The van der Waals surface area contributed by atoms with E-state index in [0.717, 1.165) is 28.1 Å². The van der Waals surface area contributed by atoms with Gasteiger partial charge in [-0.05, 0) is 37.6 Å². The predicted octanol–water partition coefficient (Wildman–Crippen LogP) is 4.23. The molecule has 0 saturated heterocycles. The van der Waals surface area contributed by atoms with E-state index < -0.39 is 0 Å². The number of aliphatic imine (C=N–C) groups is 1. The molecule has 3 aromatic rings. The van der Waals surface area contributed by atoms with Gasteiger partial charge in [0.2, 0.25) is 11.8 Å². The Morgan fingerprint density at radius 1 is 1.00 bits per heavy atom. The number of nitrogens with zero attached hydrogens (tertiary/aromatic N) is 3. The highest BCUT2D eigenvalue weighted by atomic mass is 16.2. The number of aryl methyl sites for hydroxylation is 1. The summed E-state index contributed by atoms with van der Waals surface area (Å²) >= 11 is 0. The van der Waals surface area contributed by atoms with Gasteiger partial charge in [0.25, 0.3) is 0 Å². The number of likely N-dealkylation sites (N-methyl/N-ethyl adjacent to an activating group) is 1. The number of amides is 2. The Labute approximate surface area is 182 Å². The number of fused-ring (bicyclic) bond motifs is 1.